The maximum absolute atomic E-state index is 13.2. The summed E-state index contributed by atoms with van der Waals surface area (Å²) in [6.07, 6.45) is 0.0873. The molecule has 0 aromatic heterocycles. The van der Waals surface area contributed by atoms with Crippen LogP contribution < -0.4 is 5.32 Å². The van der Waals surface area contributed by atoms with E-state index >= 15 is 0 Å². The second kappa shape index (κ2) is 7.55. The maximum Gasteiger partial charge on any atom is 0.228 e. The number of rotatable bonds is 5. The Morgan fingerprint density at radius 3 is 2.52 bits per heavy atom. The molecule has 0 spiro atoms. The van der Waals surface area contributed by atoms with Gasteiger partial charge in [0.05, 0.1) is 27.3 Å². The van der Waals surface area contributed by atoms with Crippen LogP contribution in [0.15, 0.2) is 29.2 Å². The molecule has 2 N–H and O–H groups in total. The van der Waals surface area contributed by atoms with Crippen LogP contribution >= 0.6 is 11.6 Å². The quantitative estimate of drug-likeness (QED) is 0.679. The third kappa shape index (κ3) is 4.29. The zero-order chi connectivity index (χ0) is 21.6. The molecule has 0 radical (unpaired) electrons. The molecule has 158 valence electrons. The molecule has 0 bridgehead atoms. The van der Waals surface area contributed by atoms with E-state index in [0.717, 1.165) is 0 Å². The van der Waals surface area contributed by atoms with Gasteiger partial charge in [0.1, 0.15) is 11.8 Å². The number of likely N-dealkylation sites (tertiary alicyclic amines) is 1. The van der Waals surface area contributed by atoms with Gasteiger partial charge in [-0.25, -0.2) is 8.42 Å². The highest BCUT2D eigenvalue weighted by molar-refractivity contribution is 7.92. The summed E-state index contributed by atoms with van der Waals surface area (Å²) >= 11 is 6.11. The van der Waals surface area contributed by atoms with Gasteiger partial charge in [0.25, 0.3) is 0 Å². The van der Waals surface area contributed by atoms with Gasteiger partial charge >= 0.3 is 0 Å². The summed E-state index contributed by atoms with van der Waals surface area (Å²) in [4.78, 5) is 14.5. The number of carbonyl (C=O) groups excluding carboxylic acids is 1. The van der Waals surface area contributed by atoms with Crippen molar-refractivity contribution in [3.05, 3.63) is 29.3 Å². The number of halogens is 1. The third-order valence-electron chi connectivity index (χ3n) is 5.54. The number of nitrogens with one attached hydrogen (secondary N) is 1. The first kappa shape index (κ1) is 22.0. The van der Waals surface area contributed by atoms with Crippen LogP contribution in [-0.2, 0) is 14.6 Å². The van der Waals surface area contributed by atoms with Crippen LogP contribution in [0.1, 0.15) is 40.0 Å². The van der Waals surface area contributed by atoms with E-state index in [1.165, 1.54) is 17.0 Å². The lowest BCUT2D eigenvalue weighted by atomic mass is 9.94. The molecule has 1 aromatic rings. The first-order valence-electron chi connectivity index (χ1n) is 9.58. The third-order valence-corrected chi connectivity index (χ3v) is 8.17. The first-order valence-corrected chi connectivity index (χ1v) is 11.5. The van der Waals surface area contributed by atoms with Crippen molar-refractivity contribution >= 4 is 27.3 Å². The van der Waals surface area contributed by atoms with Gasteiger partial charge in [-0.1, -0.05) is 44.5 Å². The summed E-state index contributed by atoms with van der Waals surface area (Å²) in [7, 11) is -3.81. The number of nitriles is 1. The van der Waals surface area contributed by atoms with Gasteiger partial charge in [-0.2, -0.15) is 5.26 Å². The van der Waals surface area contributed by atoms with Gasteiger partial charge < -0.3 is 10.0 Å². The zero-order valence-corrected chi connectivity index (χ0v) is 18.3. The Balaban J connectivity index is 1.91. The van der Waals surface area contributed by atoms with E-state index in [2.05, 4.69) is 11.4 Å². The number of aliphatic hydroxyl groups is 1. The van der Waals surface area contributed by atoms with E-state index in [1.54, 1.807) is 32.9 Å². The highest BCUT2D eigenvalue weighted by Crippen LogP contribution is 2.38. The van der Waals surface area contributed by atoms with Crippen LogP contribution in [0.2, 0.25) is 5.02 Å². The topological polar surface area (TPSA) is 110 Å². The summed E-state index contributed by atoms with van der Waals surface area (Å²) < 4.78 is 26.4. The van der Waals surface area contributed by atoms with Gasteiger partial charge in [0, 0.05) is 12.0 Å². The molecule has 3 rings (SSSR count). The number of hydrogen-bond acceptors (Lipinski definition) is 6. The summed E-state index contributed by atoms with van der Waals surface area (Å²) in [6.45, 7) is 5.21. The Labute approximate surface area is 176 Å². The summed E-state index contributed by atoms with van der Waals surface area (Å²) in [5.41, 5.74) is -1.54. The molecule has 1 saturated heterocycles. The van der Waals surface area contributed by atoms with E-state index in [9.17, 15) is 23.6 Å². The van der Waals surface area contributed by atoms with Crippen LogP contribution in [0.25, 0.3) is 0 Å². The summed E-state index contributed by atoms with van der Waals surface area (Å²) in [5, 5.41) is 22.2. The van der Waals surface area contributed by atoms with Crippen molar-refractivity contribution in [3.63, 3.8) is 0 Å². The van der Waals surface area contributed by atoms with Crippen molar-refractivity contribution in [1.82, 2.24) is 10.2 Å². The molecule has 1 saturated carbocycles. The number of amides is 1. The lowest BCUT2D eigenvalue weighted by Crippen LogP contribution is -2.54. The second-order valence-electron chi connectivity index (χ2n) is 8.89. The SMILES string of the molecule is CC(C)(C)C(=O)N1C[C@H](S(=O)(=O)c2ccccc2Cl)C[C@H]1C(O)NC1(C#N)CC1. The molecule has 2 fully saturated rings. The van der Waals surface area contributed by atoms with Crippen LogP contribution in [0.3, 0.4) is 0 Å². The Morgan fingerprint density at radius 2 is 2.00 bits per heavy atom. The predicted molar refractivity (Wildman–Crippen MR) is 109 cm³/mol. The smallest absolute Gasteiger partial charge is 0.228 e. The van der Waals surface area contributed by atoms with E-state index in [0.29, 0.717) is 12.8 Å². The maximum atomic E-state index is 13.2. The molecule has 29 heavy (non-hydrogen) atoms. The summed E-state index contributed by atoms with van der Waals surface area (Å²) in [5.74, 6) is -0.248. The Morgan fingerprint density at radius 1 is 1.38 bits per heavy atom. The normalized spacial score (nSPS) is 24.8. The highest BCUT2D eigenvalue weighted by atomic mass is 35.5. The largest absolute Gasteiger partial charge is 0.376 e. The fraction of sp³-hybridized carbons (Fsp3) is 0.600. The van der Waals surface area contributed by atoms with Crippen molar-refractivity contribution in [3.8, 4) is 6.07 Å². The molecular formula is C20H26ClN3O4S. The van der Waals surface area contributed by atoms with E-state index in [1.807, 2.05) is 0 Å². The molecule has 1 aliphatic carbocycles. The van der Waals surface area contributed by atoms with Crippen LogP contribution in [0.4, 0.5) is 0 Å². The average molecular weight is 440 g/mol. The predicted octanol–water partition coefficient (Wildman–Crippen LogP) is 2.09. The number of sulfone groups is 1. The second-order valence-corrected chi connectivity index (χ2v) is 11.5. The van der Waals surface area contributed by atoms with Crippen molar-refractivity contribution < 1.29 is 18.3 Å². The number of aliphatic hydroxyl groups excluding tert-OH is 1. The minimum absolute atomic E-state index is 0.0219. The van der Waals surface area contributed by atoms with E-state index in [4.69, 9.17) is 11.6 Å². The van der Waals surface area contributed by atoms with Crippen molar-refractivity contribution in [1.29, 1.82) is 5.26 Å². The standard InChI is InChI=1S/C20H26ClN3O4S/c1-19(2,3)18(26)24-11-13(29(27,28)16-7-5-4-6-14(16)21)10-15(24)17(25)23-20(12-22)8-9-20/h4-7,13,15,17,23,25H,8-11H2,1-3H3/t13-,15+,17?/m1/s1. The Bertz CT molecular complexity index is 947. The summed E-state index contributed by atoms with van der Waals surface area (Å²) in [6, 6.07) is 7.61. The first-order chi connectivity index (χ1) is 13.4. The number of nitrogens with zero attached hydrogens (tertiary/aromatic N) is 2. The van der Waals surface area contributed by atoms with Crippen molar-refractivity contribution in [2.24, 2.45) is 5.41 Å². The van der Waals surface area contributed by atoms with Gasteiger partial charge in [-0.05, 0) is 31.4 Å². The number of carbonyl (C=O) groups is 1. The fourth-order valence-electron chi connectivity index (χ4n) is 3.66. The molecule has 1 amide bonds. The molecule has 7 nitrogen and oxygen atoms in total. The monoisotopic (exact) mass is 439 g/mol. The van der Waals surface area contributed by atoms with Crippen LogP contribution in [-0.4, -0.2) is 53.9 Å². The molecule has 1 heterocycles. The van der Waals surface area contributed by atoms with Crippen LogP contribution in [0, 0.1) is 16.7 Å². The molecular weight excluding hydrogens is 414 g/mol. The Hall–Kier alpha value is -1.66. The molecule has 1 unspecified atom stereocenters. The van der Waals surface area contributed by atoms with Crippen LogP contribution in [0.5, 0.6) is 0 Å². The van der Waals surface area contributed by atoms with Crippen molar-refractivity contribution in [2.45, 2.75) is 68.0 Å². The highest BCUT2D eigenvalue weighted by Gasteiger charge is 2.51. The molecule has 9 heteroatoms. The average Bonchev–Trinajstić information content (AvgIpc) is 3.26. The van der Waals surface area contributed by atoms with Gasteiger partial charge in [0.2, 0.25) is 5.91 Å². The van der Waals surface area contributed by atoms with Crippen molar-refractivity contribution in [2.75, 3.05) is 6.54 Å². The lowest BCUT2D eigenvalue weighted by Gasteiger charge is -2.34. The fourth-order valence-corrected chi connectivity index (χ4v) is 5.90. The molecule has 3 atom stereocenters. The number of hydrogen-bond donors (Lipinski definition) is 2. The zero-order valence-electron chi connectivity index (χ0n) is 16.7. The van der Waals surface area contributed by atoms with Gasteiger partial charge in [0.15, 0.2) is 9.84 Å². The lowest BCUT2D eigenvalue weighted by molar-refractivity contribution is -0.143. The molecule has 1 aromatic carbocycles. The van der Waals surface area contributed by atoms with Gasteiger partial charge in [-0.15, -0.1) is 0 Å². The number of benzene rings is 1. The minimum atomic E-state index is -3.81. The molecule has 2 aliphatic rings. The van der Waals surface area contributed by atoms with E-state index in [-0.39, 0.29) is 28.8 Å². The Kier molecular flexibility index (Phi) is 5.73. The van der Waals surface area contributed by atoms with Gasteiger partial charge in [-0.3, -0.25) is 10.1 Å². The minimum Gasteiger partial charge on any atom is -0.376 e. The molecule has 1 aliphatic heterocycles. The van der Waals surface area contributed by atoms with E-state index < -0.39 is 38.3 Å².